The molecule has 4 aliphatic carbocycles. The fourth-order valence-electron chi connectivity index (χ4n) is 5.40. The average Bonchev–Trinajstić information content (AvgIpc) is 2.51. The van der Waals surface area contributed by atoms with Gasteiger partial charge in [0.1, 0.15) is 12.4 Å². The van der Waals surface area contributed by atoms with E-state index in [0.29, 0.717) is 37.7 Å². The summed E-state index contributed by atoms with van der Waals surface area (Å²) < 4.78 is 57.4. The summed E-state index contributed by atoms with van der Waals surface area (Å²) in [6, 6.07) is 0. The van der Waals surface area contributed by atoms with E-state index in [0.717, 1.165) is 26.2 Å². The highest BCUT2D eigenvalue weighted by atomic mass is 19.4. The molecule has 7 heteroatoms. The molecule has 3 unspecified atom stereocenters. The van der Waals surface area contributed by atoms with Crippen LogP contribution in [-0.2, 0) is 19.0 Å². The number of alkyl halides is 3. The normalized spacial score (nSPS) is 38.2. The van der Waals surface area contributed by atoms with Crippen LogP contribution in [0.4, 0.5) is 13.2 Å². The SMILES string of the molecule is CCOCOC12CC3CC(C1)CC(OC(=O)C(C)(CC)C(F)(F)F)(C3)C2. The van der Waals surface area contributed by atoms with Gasteiger partial charge in [0.15, 0.2) is 5.41 Å². The average molecular weight is 378 g/mol. The Morgan fingerprint density at radius 1 is 1.08 bits per heavy atom. The Morgan fingerprint density at radius 3 is 2.15 bits per heavy atom. The summed E-state index contributed by atoms with van der Waals surface area (Å²) in [4.78, 5) is 12.6. The van der Waals surface area contributed by atoms with Crippen LogP contribution in [0.3, 0.4) is 0 Å². The Hall–Kier alpha value is -0.820. The second-order valence-electron chi connectivity index (χ2n) is 8.65. The summed E-state index contributed by atoms with van der Waals surface area (Å²) >= 11 is 0. The molecule has 4 nitrogen and oxygen atoms in total. The van der Waals surface area contributed by atoms with Crippen molar-refractivity contribution < 1.29 is 32.2 Å². The van der Waals surface area contributed by atoms with Gasteiger partial charge >= 0.3 is 12.1 Å². The molecular weight excluding hydrogens is 349 g/mol. The van der Waals surface area contributed by atoms with E-state index in [2.05, 4.69) is 0 Å². The number of hydrogen-bond donors (Lipinski definition) is 0. The van der Waals surface area contributed by atoms with Crippen LogP contribution in [0.15, 0.2) is 0 Å². The van der Waals surface area contributed by atoms with Gasteiger partial charge in [-0.1, -0.05) is 6.92 Å². The van der Waals surface area contributed by atoms with E-state index in [1.54, 1.807) is 0 Å². The van der Waals surface area contributed by atoms with Crippen LogP contribution in [0.25, 0.3) is 0 Å². The first-order chi connectivity index (χ1) is 12.1. The van der Waals surface area contributed by atoms with Crippen LogP contribution >= 0.6 is 0 Å². The molecule has 4 rings (SSSR count). The summed E-state index contributed by atoms with van der Waals surface area (Å²) in [5, 5.41) is 0. The fourth-order valence-corrected chi connectivity index (χ4v) is 5.40. The highest BCUT2D eigenvalue weighted by Gasteiger charge is 2.63. The van der Waals surface area contributed by atoms with E-state index in [1.807, 2.05) is 6.92 Å². The van der Waals surface area contributed by atoms with Crippen molar-refractivity contribution in [3.05, 3.63) is 0 Å². The van der Waals surface area contributed by atoms with Gasteiger partial charge in [0.25, 0.3) is 0 Å². The van der Waals surface area contributed by atoms with Crippen molar-refractivity contribution in [3.63, 3.8) is 0 Å². The molecule has 0 N–H and O–H groups in total. The van der Waals surface area contributed by atoms with Crippen molar-refractivity contribution in [1.29, 1.82) is 0 Å². The van der Waals surface area contributed by atoms with Gasteiger partial charge in [0, 0.05) is 13.0 Å². The molecule has 0 aliphatic heterocycles. The van der Waals surface area contributed by atoms with Gasteiger partial charge in [-0.15, -0.1) is 0 Å². The molecule has 0 aromatic carbocycles. The Labute approximate surface area is 152 Å². The Morgan fingerprint density at radius 2 is 1.65 bits per heavy atom. The van der Waals surface area contributed by atoms with Crippen molar-refractivity contribution in [2.45, 2.75) is 83.1 Å². The summed E-state index contributed by atoms with van der Waals surface area (Å²) in [5.74, 6) is -0.469. The third-order valence-corrected chi connectivity index (χ3v) is 6.70. The monoisotopic (exact) mass is 378 g/mol. The molecule has 4 bridgehead atoms. The van der Waals surface area contributed by atoms with Crippen molar-refractivity contribution in [2.75, 3.05) is 13.4 Å². The molecule has 3 atom stereocenters. The Balaban J connectivity index is 1.78. The second kappa shape index (κ2) is 6.66. The topological polar surface area (TPSA) is 44.8 Å². The van der Waals surface area contributed by atoms with E-state index in [4.69, 9.17) is 14.2 Å². The maximum Gasteiger partial charge on any atom is 0.404 e. The maximum atomic E-state index is 13.5. The molecule has 26 heavy (non-hydrogen) atoms. The molecule has 4 fully saturated rings. The first-order valence-electron chi connectivity index (χ1n) is 9.59. The molecule has 0 radical (unpaired) electrons. The van der Waals surface area contributed by atoms with Gasteiger partial charge in [0.05, 0.1) is 5.60 Å². The van der Waals surface area contributed by atoms with Crippen LogP contribution in [0, 0.1) is 17.3 Å². The number of esters is 1. The molecule has 0 saturated heterocycles. The third kappa shape index (κ3) is 3.37. The van der Waals surface area contributed by atoms with E-state index in [9.17, 15) is 18.0 Å². The lowest BCUT2D eigenvalue weighted by atomic mass is 9.52. The van der Waals surface area contributed by atoms with Gasteiger partial charge in [-0.2, -0.15) is 13.2 Å². The zero-order chi connectivity index (χ0) is 19.2. The molecule has 0 aromatic heterocycles. The molecule has 0 spiro atoms. The number of rotatable bonds is 7. The highest BCUT2D eigenvalue weighted by Crippen LogP contribution is 2.60. The lowest BCUT2D eigenvalue weighted by molar-refractivity contribution is -0.270. The van der Waals surface area contributed by atoms with Crippen molar-refractivity contribution in [2.24, 2.45) is 17.3 Å². The van der Waals surface area contributed by atoms with E-state index < -0.39 is 28.8 Å². The molecule has 0 aromatic rings. The summed E-state index contributed by atoms with van der Waals surface area (Å²) in [5.41, 5.74) is -3.72. The van der Waals surface area contributed by atoms with E-state index in [-0.39, 0.29) is 13.2 Å². The zero-order valence-electron chi connectivity index (χ0n) is 15.8. The number of ether oxygens (including phenoxy) is 3. The molecule has 150 valence electrons. The number of hydrogen-bond acceptors (Lipinski definition) is 4. The number of carbonyl (C=O) groups is 1. The minimum Gasteiger partial charge on any atom is -0.458 e. The fraction of sp³-hybridized carbons (Fsp3) is 0.947. The van der Waals surface area contributed by atoms with E-state index >= 15 is 0 Å². The Bertz CT molecular complexity index is 533. The lowest BCUT2D eigenvalue weighted by Gasteiger charge is -2.60. The molecule has 0 amide bonds. The maximum absolute atomic E-state index is 13.5. The van der Waals surface area contributed by atoms with Crippen molar-refractivity contribution in [3.8, 4) is 0 Å². The van der Waals surface area contributed by atoms with Crippen LogP contribution in [0.1, 0.15) is 65.7 Å². The van der Waals surface area contributed by atoms with Gasteiger partial charge in [-0.05, 0) is 64.2 Å². The van der Waals surface area contributed by atoms with Crippen molar-refractivity contribution in [1.82, 2.24) is 0 Å². The van der Waals surface area contributed by atoms with Gasteiger partial charge < -0.3 is 14.2 Å². The van der Waals surface area contributed by atoms with Crippen LogP contribution in [0.5, 0.6) is 0 Å². The summed E-state index contributed by atoms with van der Waals surface area (Å²) in [6.07, 6.45) is -0.388. The standard InChI is InChI=1S/C19H29F3O4/c1-4-16(3,19(20,21)22)15(23)26-18-9-13-6-14(10-18)8-17(7-13,11-18)25-12-24-5-2/h13-14H,4-12H2,1-3H3. The van der Waals surface area contributed by atoms with Gasteiger partial charge in [-0.3, -0.25) is 4.79 Å². The van der Waals surface area contributed by atoms with E-state index in [1.165, 1.54) is 6.92 Å². The molecule has 4 saturated carbocycles. The van der Waals surface area contributed by atoms with Gasteiger partial charge in [0.2, 0.25) is 0 Å². The second-order valence-corrected chi connectivity index (χ2v) is 8.65. The largest absolute Gasteiger partial charge is 0.458 e. The van der Waals surface area contributed by atoms with Crippen LogP contribution in [0.2, 0.25) is 0 Å². The van der Waals surface area contributed by atoms with Crippen LogP contribution < -0.4 is 0 Å². The number of halogens is 3. The Kier molecular flexibility index (Phi) is 5.10. The first kappa shape index (κ1) is 19.9. The molecule has 0 heterocycles. The minimum absolute atomic E-state index is 0.176. The molecule has 4 aliphatic rings. The first-order valence-corrected chi connectivity index (χ1v) is 9.59. The lowest BCUT2D eigenvalue weighted by Crippen LogP contribution is -2.62. The molecular formula is C19H29F3O4. The van der Waals surface area contributed by atoms with Crippen LogP contribution in [-0.4, -0.2) is 36.7 Å². The highest BCUT2D eigenvalue weighted by molar-refractivity contribution is 5.78. The quantitative estimate of drug-likeness (QED) is 0.369. The zero-order valence-corrected chi connectivity index (χ0v) is 15.8. The number of carbonyl (C=O) groups excluding carboxylic acids is 1. The third-order valence-electron chi connectivity index (χ3n) is 6.70. The smallest absolute Gasteiger partial charge is 0.404 e. The summed E-state index contributed by atoms with van der Waals surface area (Å²) in [7, 11) is 0. The minimum atomic E-state index is -4.62. The van der Waals surface area contributed by atoms with Crippen molar-refractivity contribution >= 4 is 5.97 Å². The van der Waals surface area contributed by atoms with Gasteiger partial charge in [-0.25, -0.2) is 0 Å². The summed E-state index contributed by atoms with van der Waals surface area (Å²) in [6.45, 7) is 4.92. The predicted molar refractivity (Wildman–Crippen MR) is 88.3 cm³/mol. The predicted octanol–water partition coefficient (Wildman–Crippen LogP) is 4.61.